The van der Waals surface area contributed by atoms with E-state index in [0.29, 0.717) is 5.92 Å². The van der Waals surface area contributed by atoms with Gasteiger partial charge in [0.05, 0.1) is 5.69 Å². The number of aromatic nitrogens is 1. The molecule has 1 saturated carbocycles. The smallest absolute Gasteiger partial charge is 0.303 e. The van der Waals surface area contributed by atoms with Crippen molar-refractivity contribution in [1.82, 2.24) is 10.6 Å². The summed E-state index contributed by atoms with van der Waals surface area (Å²) in [5.41, 5.74) is 2.84. The van der Waals surface area contributed by atoms with Crippen LogP contribution in [-0.4, -0.2) is 11.1 Å². The second-order valence-electron chi connectivity index (χ2n) is 2.86. The lowest BCUT2D eigenvalue weighted by Gasteiger charge is -1.88. The zero-order valence-corrected chi connectivity index (χ0v) is 6.41. The molecule has 1 aliphatic rings. The lowest BCUT2D eigenvalue weighted by Crippen LogP contribution is -2.29. The standard InChI is InChI=1S/C7H9N3O2/c8-9-7(11)6-3-5(10-12-6)4-1-2-4/h3-4H,1-2,8H2,(H,9,11). The molecule has 12 heavy (non-hydrogen) atoms. The Bertz CT molecular complexity index is 303. The minimum absolute atomic E-state index is 0.180. The van der Waals surface area contributed by atoms with Gasteiger partial charge in [0.25, 0.3) is 0 Å². The highest BCUT2D eigenvalue weighted by atomic mass is 16.5. The van der Waals surface area contributed by atoms with Crippen LogP contribution in [0.4, 0.5) is 0 Å². The van der Waals surface area contributed by atoms with Crippen molar-refractivity contribution in [2.45, 2.75) is 18.8 Å². The van der Waals surface area contributed by atoms with Crippen molar-refractivity contribution in [1.29, 1.82) is 0 Å². The fraction of sp³-hybridized carbons (Fsp3) is 0.429. The number of hydrogen-bond acceptors (Lipinski definition) is 4. The second kappa shape index (κ2) is 2.60. The summed E-state index contributed by atoms with van der Waals surface area (Å²) >= 11 is 0. The van der Waals surface area contributed by atoms with E-state index in [9.17, 15) is 4.79 Å². The Labute approximate surface area is 68.9 Å². The van der Waals surface area contributed by atoms with Gasteiger partial charge >= 0.3 is 5.91 Å². The van der Waals surface area contributed by atoms with Crippen molar-refractivity contribution in [3.05, 3.63) is 17.5 Å². The number of rotatable bonds is 2. The van der Waals surface area contributed by atoms with E-state index in [1.807, 2.05) is 5.43 Å². The molecule has 3 N–H and O–H groups in total. The maximum atomic E-state index is 10.9. The molecule has 0 aromatic carbocycles. The number of nitrogen functional groups attached to an aromatic ring is 1. The largest absolute Gasteiger partial charge is 0.351 e. The molecule has 0 unspecified atom stereocenters. The highest BCUT2D eigenvalue weighted by Crippen LogP contribution is 2.39. The van der Waals surface area contributed by atoms with Gasteiger partial charge in [-0.15, -0.1) is 0 Å². The number of carbonyl (C=O) groups is 1. The molecule has 1 amide bonds. The molecule has 0 spiro atoms. The third kappa shape index (κ3) is 1.18. The zero-order chi connectivity index (χ0) is 8.55. The van der Waals surface area contributed by atoms with Gasteiger partial charge in [-0.25, -0.2) is 5.84 Å². The van der Waals surface area contributed by atoms with E-state index in [-0.39, 0.29) is 5.76 Å². The van der Waals surface area contributed by atoms with Gasteiger partial charge in [-0.1, -0.05) is 5.16 Å². The van der Waals surface area contributed by atoms with Crippen LogP contribution in [-0.2, 0) is 0 Å². The van der Waals surface area contributed by atoms with E-state index in [1.54, 1.807) is 6.07 Å². The molecule has 0 radical (unpaired) electrons. The number of carbonyl (C=O) groups excluding carboxylic acids is 1. The van der Waals surface area contributed by atoms with Crippen LogP contribution in [0.5, 0.6) is 0 Å². The quantitative estimate of drug-likeness (QED) is 0.373. The van der Waals surface area contributed by atoms with Crippen molar-refractivity contribution in [3.8, 4) is 0 Å². The first-order chi connectivity index (χ1) is 5.81. The maximum absolute atomic E-state index is 10.9. The Balaban J connectivity index is 2.17. The van der Waals surface area contributed by atoms with Gasteiger partial charge in [-0.2, -0.15) is 0 Å². The summed E-state index contributed by atoms with van der Waals surface area (Å²) in [4.78, 5) is 10.9. The summed E-state index contributed by atoms with van der Waals surface area (Å²) in [6.45, 7) is 0. The van der Waals surface area contributed by atoms with Crippen LogP contribution < -0.4 is 11.3 Å². The monoisotopic (exact) mass is 167 g/mol. The number of nitrogens with one attached hydrogen (secondary N) is 1. The van der Waals surface area contributed by atoms with E-state index in [4.69, 9.17) is 10.4 Å². The van der Waals surface area contributed by atoms with Crippen LogP contribution in [0.1, 0.15) is 35.0 Å². The number of hydrogen-bond donors (Lipinski definition) is 2. The van der Waals surface area contributed by atoms with Gasteiger partial charge in [-0.05, 0) is 12.8 Å². The third-order valence-corrected chi connectivity index (χ3v) is 1.88. The topological polar surface area (TPSA) is 81.1 Å². The fourth-order valence-electron chi connectivity index (χ4n) is 1.04. The van der Waals surface area contributed by atoms with Crippen molar-refractivity contribution >= 4 is 5.91 Å². The summed E-state index contributed by atoms with van der Waals surface area (Å²) in [7, 11) is 0. The Morgan fingerprint density at radius 2 is 2.50 bits per heavy atom. The van der Waals surface area contributed by atoms with Gasteiger partial charge in [0, 0.05) is 12.0 Å². The van der Waals surface area contributed by atoms with Gasteiger partial charge in [0.15, 0.2) is 0 Å². The molecule has 64 valence electrons. The van der Waals surface area contributed by atoms with E-state index in [1.165, 1.54) is 0 Å². The summed E-state index contributed by atoms with van der Waals surface area (Å²) < 4.78 is 4.78. The van der Waals surface area contributed by atoms with Crippen molar-refractivity contribution < 1.29 is 9.32 Å². The molecule has 1 aromatic rings. The van der Waals surface area contributed by atoms with Crippen molar-refractivity contribution in [3.63, 3.8) is 0 Å². The lowest BCUT2D eigenvalue weighted by atomic mass is 10.3. The lowest BCUT2D eigenvalue weighted by molar-refractivity contribution is 0.0916. The van der Waals surface area contributed by atoms with E-state index < -0.39 is 5.91 Å². The van der Waals surface area contributed by atoms with E-state index in [2.05, 4.69) is 5.16 Å². The molecule has 0 bridgehead atoms. The summed E-state index contributed by atoms with van der Waals surface area (Å²) in [5, 5.41) is 3.76. The van der Waals surface area contributed by atoms with Crippen molar-refractivity contribution in [2.75, 3.05) is 0 Å². The highest BCUT2D eigenvalue weighted by Gasteiger charge is 2.27. The molecule has 1 aliphatic carbocycles. The first-order valence-corrected chi connectivity index (χ1v) is 3.79. The summed E-state index contributed by atoms with van der Waals surface area (Å²) in [6, 6.07) is 1.64. The van der Waals surface area contributed by atoms with Crippen LogP contribution in [0.3, 0.4) is 0 Å². The van der Waals surface area contributed by atoms with Gasteiger partial charge in [-0.3, -0.25) is 10.2 Å². The van der Waals surface area contributed by atoms with E-state index >= 15 is 0 Å². The Hall–Kier alpha value is -1.36. The van der Waals surface area contributed by atoms with Gasteiger partial charge < -0.3 is 4.52 Å². The molecule has 0 atom stereocenters. The average Bonchev–Trinajstić information content (AvgIpc) is 2.83. The molecule has 5 heteroatoms. The first-order valence-electron chi connectivity index (χ1n) is 3.79. The van der Waals surface area contributed by atoms with Gasteiger partial charge in [0.1, 0.15) is 0 Å². The molecule has 2 rings (SSSR count). The predicted molar refractivity (Wildman–Crippen MR) is 40.1 cm³/mol. The molecule has 1 aromatic heterocycles. The van der Waals surface area contributed by atoms with Crippen LogP contribution in [0.25, 0.3) is 0 Å². The van der Waals surface area contributed by atoms with E-state index in [0.717, 1.165) is 18.5 Å². The molecule has 1 fully saturated rings. The number of nitrogens with zero attached hydrogens (tertiary/aromatic N) is 1. The number of hydrazine groups is 1. The maximum Gasteiger partial charge on any atom is 0.303 e. The number of nitrogens with two attached hydrogens (primary N) is 1. The first kappa shape index (κ1) is 7.30. The Morgan fingerprint density at radius 3 is 3.08 bits per heavy atom. The van der Waals surface area contributed by atoms with Crippen LogP contribution in [0, 0.1) is 0 Å². The van der Waals surface area contributed by atoms with Crippen LogP contribution in [0.15, 0.2) is 10.6 Å². The third-order valence-electron chi connectivity index (χ3n) is 1.88. The SMILES string of the molecule is NNC(=O)c1cc(C2CC2)no1. The Kier molecular flexibility index (Phi) is 1.58. The minimum atomic E-state index is -0.436. The minimum Gasteiger partial charge on any atom is -0.351 e. The zero-order valence-electron chi connectivity index (χ0n) is 6.41. The summed E-state index contributed by atoms with van der Waals surface area (Å²) in [5.74, 6) is 5.16. The fourth-order valence-corrected chi connectivity index (χ4v) is 1.04. The average molecular weight is 167 g/mol. The van der Waals surface area contributed by atoms with Gasteiger partial charge in [0.2, 0.25) is 5.76 Å². The van der Waals surface area contributed by atoms with Crippen LogP contribution in [0.2, 0.25) is 0 Å². The van der Waals surface area contributed by atoms with Crippen molar-refractivity contribution in [2.24, 2.45) is 5.84 Å². The summed E-state index contributed by atoms with van der Waals surface area (Å²) in [6.07, 6.45) is 2.27. The van der Waals surface area contributed by atoms with Crippen LogP contribution >= 0.6 is 0 Å². The number of amides is 1. The normalized spacial score (nSPS) is 16.1. The molecule has 0 aliphatic heterocycles. The molecule has 1 heterocycles. The molecule has 0 saturated heterocycles. The molecule has 5 nitrogen and oxygen atoms in total. The molecular formula is C7H9N3O2. The predicted octanol–water partition coefficient (Wildman–Crippen LogP) is 0.155. The second-order valence-corrected chi connectivity index (χ2v) is 2.86. The Morgan fingerprint density at radius 1 is 1.75 bits per heavy atom. The molecular weight excluding hydrogens is 158 g/mol. The highest BCUT2D eigenvalue weighted by molar-refractivity contribution is 5.90.